The van der Waals surface area contributed by atoms with Crippen LogP contribution in [0, 0.1) is 5.41 Å². The fourth-order valence-electron chi connectivity index (χ4n) is 2.10. The van der Waals surface area contributed by atoms with Gasteiger partial charge in [-0.25, -0.2) is 17.9 Å². The molecule has 0 aliphatic heterocycles. The monoisotopic (exact) mass is 333 g/mol. The molecule has 0 bridgehead atoms. The molecule has 0 heterocycles. The van der Waals surface area contributed by atoms with Gasteiger partial charge in [0.05, 0.1) is 15.5 Å². The van der Waals surface area contributed by atoms with E-state index in [1.165, 1.54) is 12.1 Å². The minimum Gasteiger partial charge on any atom is -0.478 e. The summed E-state index contributed by atoms with van der Waals surface area (Å²) in [5.41, 5.74) is -0.416. The number of sulfonamides is 1. The summed E-state index contributed by atoms with van der Waals surface area (Å²) in [5.74, 6) is -1.28. The second kappa shape index (κ2) is 5.92. The number of carboxylic acid groups (broad SMARTS) is 1. The van der Waals surface area contributed by atoms with Crippen LogP contribution in [0.2, 0.25) is 5.02 Å². The van der Waals surface area contributed by atoms with Crippen LogP contribution in [0.25, 0.3) is 0 Å². The number of carbonyl (C=O) groups is 1. The molecule has 1 saturated carbocycles. The van der Waals surface area contributed by atoms with Gasteiger partial charge in [0.25, 0.3) is 0 Å². The van der Waals surface area contributed by atoms with Crippen molar-refractivity contribution < 1.29 is 23.4 Å². The first kappa shape index (κ1) is 16.2. The van der Waals surface area contributed by atoms with E-state index in [0.29, 0.717) is 6.42 Å². The number of aromatic carboxylic acids is 1. The van der Waals surface area contributed by atoms with Crippen molar-refractivity contribution in [1.29, 1.82) is 0 Å². The Balaban J connectivity index is 2.16. The van der Waals surface area contributed by atoms with E-state index in [0.717, 1.165) is 18.9 Å². The molecule has 8 heteroatoms. The number of aliphatic hydroxyl groups excluding tert-OH is 1. The van der Waals surface area contributed by atoms with Crippen molar-refractivity contribution in [1.82, 2.24) is 4.72 Å². The normalized spacial score (nSPS) is 16.7. The largest absolute Gasteiger partial charge is 0.478 e. The summed E-state index contributed by atoms with van der Waals surface area (Å²) in [4.78, 5) is 10.9. The van der Waals surface area contributed by atoms with Gasteiger partial charge in [0.15, 0.2) is 0 Å². The highest BCUT2D eigenvalue weighted by molar-refractivity contribution is 7.89. The lowest BCUT2D eigenvalue weighted by Gasteiger charge is -2.15. The summed E-state index contributed by atoms with van der Waals surface area (Å²) in [6.45, 7) is 0.257. The fraction of sp³-hybridized carbons (Fsp3) is 0.462. The third-order valence-electron chi connectivity index (χ3n) is 3.71. The molecule has 1 fully saturated rings. The van der Waals surface area contributed by atoms with Crippen molar-refractivity contribution >= 4 is 27.6 Å². The number of nitrogens with one attached hydrogen (secondary N) is 1. The minimum atomic E-state index is -3.80. The predicted molar refractivity (Wildman–Crippen MR) is 77.0 cm³/mol. The van der Waals surface area contributed by atoms with Crippen molar-refractivity contribution in [3.05, 3.63) is 28.8 Å². The maximum Gasteiger partial charge on any atom is 0.337 e. The lowest BCUT2D eigenvalue weighted by molar-refractivity contribution is 0.0697. The third-order valence-corrected chi connectivity index (χ3v) is 5.44. The van der Waals surface area contributed by atoms with Gasteiger partial charge >= 0.3 is 5.97 Å². The van der Waals surface area contributed by atoms with E-state index in [9.17, 15) is 13.2 Å². The average Bonchev–Trinajstić information content (AvgIpc) is 3.17. The lowest BCUT2D eigenvalue weighted by atomic mass is 10.0. The molecule has 1 aliphatic carbocycles. The van der Waals surface area contributed by atoms with Crippen molar-refractivity contribution in [2.24, 2.45) is 5.41 Å². The van der Waals surface area contributed by atoms with E-state index in [1.54, 1.807) is 0 Å². The molecule has 0 radical (unpaired) electrons. The summed E-state index contributed by atoms with van der Waals surface area (Å²) in [6, 6.07) is 3.56. The van der Waals surface area contributed by atoms with Gasteiger partial charge in [0.2, 0.25) is 10.0 Å². The van der Waals surface area contributed by atoms with E-state index in [2.05, 4.69) is 4.72 Å². The van der Waals surface area contributed by atoms with E-state index in [4.69, 9.17) is 21.8 Å². The van der Waals surface area contributed by atoms with Crippen LogP contribution < -0.4 is 4.72 Å². The van der Waals surface area contributed by atoms with Gasteiger partial charge in [0, 0.05) is 13.2 Å². The molecule has 116 valence electrons. The Morgan fingerprint density at radius 1 is 1.38 bits per heavy atom. The Hall–Kier alpha value is -1.15. The van der Waals surface area contributed by atoms with Gasteiger partial charge in [-0.15, -0.1) is 0 Å². The average molecular weight is 334 g/mol. The van der Waals surface area contributed by atoms with Gasteiger partial charge in [0.1, 0.15) is 0 Å². The van der Waals surface area contributed by atoms with Gasteiger partial charge in [-0.3, -0.25) is 0 Å². The lowest BCUT2D eigenvalue weighted by Crippen LogP contribution is -2.31. The smallest absolute Gasteiger partial charge is 0.337 e. The Morgan fingerprint density at radius 2 is 2.05 bits per heavy atom. The van der Waals surface area contributed by atoms with E-state index in [-0.39, 0.29) is 34.0 Å². The van der Waals surface area contributed by atoms with Crippen LogP contribution >= 0.6 is 11.6 Å². The molecule has 0 unspecified atom stereocenters. The van der Waals surface area contributed by atoms with E-state index in [1.807, 2.05) is 0 Å². The Labute approximate surface area is 127 Å². The number of carboxylic acids is 1. The number of hydrogen-bond donors (Lipinski definition) is 3. The molecule has 1 aromatic rings. The van der Waals surface area contributed by atoms with Crippen LogP contribution in [0.4, 0.5) is 0 Å². The first-order valence-electron chi connectivity index (χ1n) is 6.43. The third kappa shape index (κ3) is 3.74. The highest BCUT2D eigenvalue weighted by Crippen LogP contribution is 2.48. The Bertz CT molecular complexity index is 655. The van der Waals surface area contributed by atoms with Crippen molar-refractivity contribution in [2.45, 2.75) is 24.2 Å². The molecule has 6 nitrogen and oxygen atoms in total. The standard InChI is InChI=1S/C13H16ClNO5S/c14-11-2-1-9(7-10(11)12(17)18)21(19,20)15-8-13(3-4-13)5-6-16/h1-2,7,15-16H,3-6,8H2,(H,17,18). The van der Waals surface area contributed by atoms with E-state index >= 15 is 0 Å². The molecular weight excluding hydrogens is 318 g/mol. The molecule has 3 N–H and O–H groups in total. The zero-order valence-electron chi connectivity index (χ0n) is 11.2. The molecule has 2 rings (SSSR count). The number of rotatable bonds is 7. The zero-order valence-corrected chi connectivity index (χ0v) is 12.7. The van der Waals surface area contributed by atoms with Crippen molar-refractivity contribution in [2.75, 3.05) is 13.2 Å². The number of benzene rings is 1. The second-order valence-corrected chi connectivity index (χ2v) is 7.42. The minimum absolute atomic E-state index is 0.0135. The Kier molecular flexibility index (Phi) is 4.57. The molecule has 1 aromatic carbocycles. The summed E-state index contributed by atoms with van der Waals surface area (Å²) < 4.78 is 26.8. The summed E-state index contributed by atoms with van der Waals surface area (Å²) in [5, 5.41) is 17.9. The van der Waals surface area contributed by atoms with Crippen LogP contribution in [-0.4, -0.2) is 37.8 Å². The van der Waals surface area contributed by atoms with Crippen LogP contribution in [0.1, 0.15) is 29.6 Å². The topological polar surface area (TPSA) is 104 Å². The molecule has 21 heavy (non-hydrogen) atoms. The van der Waals surface area contributed by atoms with E-state index < -0.39 is 16.0 Å². The van der Waals surface area contributed by atoms with Crippen molar-refractivity contribution in [3.8, 4) is 0 Å². The highest BCUT2D eigenvalue weighted by Gasteiger charge is 2.42. The van der Waals surface area contributed by atoms with Crippen LogP contribution in [0.15, 0.2) is 23.1 Å². The van der Waals surface area contributed by atoms with Gasteiger partial charge in [-0.2, -0.15) is 0 Å². The predicted octanol–water partition coefficient (Wildman–Crippen LogP) is 1.48. The molecule has 0 atom stereocenters. The SMILES string of the molecule is O=C(O)c1cc(S(=O)(=O)NCC2(CCO)CC2)ccc1Cl. The first-order chi connectivity index (χ1) is 9.80. The van der Waals surface area contributed by atoms with Gasteiger partial charge in [-0.05, 0) is 42.9 Å². The molecule has 1 aliphatic rings. The van der Waals surface area contributed by atoms with Gasteiger partial charge in [-0.1, -0.05) is 11.6 Å². The number of hydrogen-bond acceptors (Lipinski definition) is 4. The van der Waals surface area contributed by atoms with Crippen molar-refractivity contribution in [3.63, 3.8) is 0 Å². The molecule has 0 amide bonds. The maximum absolute atomic E-state index is 12.2. The quantitative estimate of drug-likeness (QED) is 0.701. The molecule has 0 spiro atoms. The Morgan fingerprint density at radius 3 is 2.57 bits per heavy atom. The zero-order chi connectivity index (χ0) is 15.7. The fourth-order valence-corrected chi connectivity index (χ4v) is 3.48. The van der Waals surface area contributed by atoms with Gasteiger partial charge < -0.3 is 10.2 Å². The molecule has 0 saturated heterocycles. The highest BCUT2D eigenvalue weighted by atomic mass is 35.5. The summed E-state index contributed by atoms with van der Waals surface area (Å²) >= 11 is 5.72. The molecular formula is C13H16ClNO5S. The number of halogens is 1. The van der Waals surface area contributed by atoms with Crippen LogP contribution in [-0.2, 0) is 10.0 Å². The number of aliphatic hydroxyl groups is 1. The molecule has 0 aromatic heterocycles. The summed E-state index contributed by atoms with van der Waals surface area (Å²) in [6.07, 6.45) is 2.30. The second-order valence-electron chi connectivity index (χ2n) is 5.24. The first-order valence-corrected chi connectivity index (χ1v) is 8.29. The van der Waals surface area contributed by atoms with Crippen LogP contribution in [0.5, 0.6) is 0 Å². The summed E-state index contributed by atoms with van der Waals surface area (Å²) in [7, 11) is -3.80. The maximum atomic E-state index is 12.2. The van der Waals surface area contributed by atoms with Crippen LogP contribution in [0.3, 0.4) is 0 Å².